The Kier molecular flexibility index (Phi) is 7.36. The maximum Gasteiger partial charge on any atom is 0.211 e. The van der Waals surface area contributed by atoms with E-state index >= 15 is 0 Å². The van der Waals surface area contributed by atoms with Gasteiger partial charge in [0.15, 0.2) is 11.5 Å². The molecule has 0 amide bonds. The first-order valence-corrected chi connectivity index (χ1v) is 19.0. The van der Waals surface area contributed by atoms with Gasteiger partial charge in [0.1, 0.15) is 17.6 Å². The Hall–Kier alpha value is -2.61. The Bertz CT molecular complexity index is 1710. The van der Waals surface area contributed by atoms with Crippen molar-refractivity contribution in [3.8, 4) is 22.8 Å². The fourth-order valence-corrected chi connectivity index (χ4v) is 8.51. The van der Waals surface area contributed by atoms with Crippen molar-refractivity contribution in [2.75, 3.05) is 44.4 Å². The molecule has 11 nitrogen and oxygen atoms in total. The second kappa shape index (κ2) is 10.6. The topological polar surface area (TPSA) is 116 Å². The molecule has 41 heavy (non-hydrogen) atoms. The van der Waals surface area contributed by atoms with Crippen LogP contribution in [-0.4, -0.2) is 77.0 Å². The summed E-state index contributed by atoms with van der Waals surface area (Å²) in [6, 6.07) is 7.99. The van der Waals surface area contributed by atoms with Crippen LogP contribution in [0, 0.1) is 19.3 Å². The number of nitrogens with zero attached hydrogens (tertiary/aromatic N) is 7. The number of benzene rings is 1. The third-order valence-corrected chi connectivity index (χ3v) is 11.0. The standard InChI is InChI=1S/C27H31IN7O4PS/c1-16-10-30-31-17(2)23(16)18(3)39-21-8-7-20-24(26(21)38-4)25(32-35(20)40-28)19-6-9-22(29-11-19)33-12-27(13-33)14-34(15-27)41(5,36)37/h6-11,18,40H,12-15H2,1-5H3/t18-/m1/s1. The van der Waals surface area contributed by atoms with E-state index in [1.807, 2.05) is 55.7 Å². The first-order valence-electron chi connectivity index (χ1n) is 13.1. The van der Waals surface area contributed by atoms with Crippen LogP contribution in [-0.2, 0) is 10.0 Å². The summed E-state index contributed by atoms with van der Waals surface area (Å²) < 4.78 is 39.5. The van der Waals surface area contributed by atoms with Crippen LogP contribution in [0.15, 0.2) is 36.7 Å². The molecule has 4 aromatic rings. The van der Waals surface area contributed by atoms with Gasteiger partial charge >= 0.3 is 0 Å². The van der Waals surface area contributed by atoms with Crippen molar-refractivity contribution >= 4 is 55.2 Å². The summed E-state index contributed by atoms with van der Waals surface area (Å²) in [6.45, 7) is 8.72. The molecule has 0 bridgehead atoms. The highest BCUT2D eigenvalue weighted by molar-refractivity contribution is 14.2. The number of pyridine rings is 1. The van der Waals surface area contributed by atoms with Crippen molar-refractivity contribution in [1.82, 2.24) is 29.0 Å². The van der Waals surface area contributed by atoms with Crippen molar-refractivity contribution in [1.29, 1.82) is 0 Å². The molecule has 6 rings (SSSR count). The average molecular weight is 708 g/mol. The highest BCUT2D eigenvalue weighted by Gasteiger charge is 2.54. The molecule has 2 saturated heterocycles. The summed E-state index contributed by atoms with van der Waals surface area (Å²) in [5.41, 5.74) is 5.52. The number of sulfonamides is 1. The summed E-state index contributed by atoms with van der Waals surface area (Å²) in [4.78, 5) is 6.95. The van der Waals surface area contributed by atoms with E-state index in [2.05, 4.69) is 37.1 Å². The van der Waals surface area contributed by atoms with Crippen LogP contribution in [0.25, 0.3) is 22.2 Å². The Labute approximate surface area is 254 Å². The largest absolute Gasteiger partial charge is 0.492 e. The van der Waals surface area contributed by atoms with Gasteiger partial charge in [-0.25, -0.2) is 22.2 Å². The highest BCUT2D eigenvalue weighted by Crippen LogP contribution is 2.46. The quantitative estimate of drug-likeness (QED) is 0.193. The van der Waals surface area contributed by atoms with Gasteiger partial charge in [0, 0.05) is 48.9 Å². The number of fused-ring (bicyclic) bond motifs is 1. The molecule has 0 saturated carbocycles. The molecule has 2 fully saturated rings. The Morgan fingerprint density at radius 3 is 2.46 bits per heavy atom. The van der Waals surface area contributed by atoms with Crippen LogP contribution in [0.1, 0.15) is 29.8 Å². The molecule has 0 aliphatic carbocycles. The van der Waals surface area contributed by atoms with E-state index in [9.17, 15) is 8.42 Å². The van der Waals surface area contributed by atoms with Gasteiger partial charge in [0.2, 0.25) is 10.0 Å². The highest BCUT2D eigenvalue weighted by atomic mass is 127. The maximum absolute atomic E-state index is 11.8. The first-order chi connectivity index (χ1) is 19.5. The maximum atomic E-state index is 11.8. The molecular formula is C27H31IN7O4PS. The molecule has 14 heteroatoms. The zero-order valence-electron chi connectivity index (χ0n) is 23.4. The smallest absolute Gasteiger partial charge is 0.211 e. The normalized spacial score (nSPS) is 17.7. The Morgan fingerprint density at radius 2 is 1.85 bits per heavy atom. The second-order valence-corrected chi connectivity index (χ2v) is 14.9. The van der Waals surface area contributed by atoms with Crippen LogP contribution >= 0.6 is 28.4 Å². The third-order valence-electron chi connectivity index (χ3n) is 7.92. The summed E-state index contributed by atoms with van der Waals surface area (Å²) in [5.74, 6) is 2.12. The van der Waals surface area contributed by atoms with E-state index in [4.69, 9.17) is 19.6 Å². The van der Waals surface area contributed by atoms with Gasteiger partial charge in [0.25, 0.3) is 0 Å². The molecule has 2 aliphatic heterocycles. The summed E-state index contributed by atoms with van der Waals surface area (Å²) in [6.07, 6.45) is 5.00. The first kappa shape index (κ1) is 28.5. The summed E-state index contributed by atoms with van der Waals surface area (Å²) in [5, 5.41) is 14.1. The number of hydrogen-bond donors (Lipinski definition) is 0. The molecule has 216 valence electrons. The molecule has 1 spiro atoms. The molecular weight excluding hydrogens is 676 g/mol. The van der Waals surface area contributed by atoms with Crippen LogP contribution in [0.5, 0.6) is 11.5 Å². The summed E-state index contributed by atoms with van der Waals surface area (Å²) in [7, 11) is -1.47. The van der Waals surface area contributed by atoms with Crippen molar-refractivity contribution < 1.29 is 17.9 Å². The minimum atomic E-state index is -3.12. The van der Waals surface area contributed by atoms with Crippen LogP contribution in [0.2, 0.25) is 0 Å². The summed E-state index contributed by atoms with van der Waals surface area (Å²) >= 11 is 2.33. The second-order valence-electron chi connectivity index (χ2n) is 10.9. The van der Waals surface area contributed by atoms with E-state index in [-0.39, 0.29) is 11.5 Å². The lowest BCUT2D eigenvalue weighted by Crippen LogP contribution is -2.73. The van der Waals surface area contributed by atoms with E-state index in [1.165, 1.54) is 6.26 Å². The number of ether oxygens (including phenoxy) is 2. The Morgan fingerprint density at radius 1 is 1.10 bits per heavy atom. The van der Waals surface area contributed by atoms with E-state index < -0.39 is 10.0 Å². The monoisotopic (exact) mass is 707 g/mol. The van der Waals surface area contributed by atoms with Crippen LogP contribution in [0.4, 0.5) is 5.82 Å². The van der Waals surface area contributed by atoms with E-state index in [0.717, 1.165) is 57.9 Å². The van der Waals surface area contributed by atoms with Gasteiger partial charge in [-0.05, 0) is 72.6 Å². The number of aromatic nitrogens is 5. The molecule has 5 heterocycles. The molecule has 0 N–H and O–H groups in total. The van der Waals surface area contributed by atoms with Crippen LogP contribution in [0.3, 0.4) is 0 Å². The molecule has 2 atom stereocenters. The zero-order valence-corrected chi connectivity index (χ0v) is 27.4. The predicted molar refractivity (Wildman–Crippen MR) is 169 cm³/mol. The lowest BCUT2D eigenvalue weighted by molar-refractivity contribution is 0.0395. The minimum Gasteiger partial charge on any atom is -0.492 e. The molecule has 1 unspecified atom stereocenters. The van der Waals surface area contributed by atoms with Gasteiger partial charge in [-0.15, -0.1) is 0 Å². The number of rotatable bonds is 8. The van der Waals surface area contributed by atoms with Crippen molar-refractivity contribution in [3.63, 3.8) is 0 Å². The minimum absolute atomic E-state index is 0.0456. The molecule has 0 radical (unpaired) electrons. The Balaban J connectivity index is 1.28. The van der Waals surface area contributed by atoms with Gasteiger partial charge in [-0.1, -0.05) is 0 Å². The average Bonchev–Trinajstić information content (AvgIpc) is 3.25. The van der Waals surface area contributed by atoms with Crippen LogP contribution < -0.4 is 14.4 Å². The van der Waals surface area contributed by atoms with E-state index in [0.29, 0.717) is 31.0 Å². The van der Waals surface area contributed by atoms with E-state index in [1.54, 1.807) is 17.6 Å². The third kappa shape index (κ3) is 5.04. The van der Waals surface area contributed by atoms with Gasteiger partial charge < -0.3 is 14.4 Å². The fourth-order valence-electron chi connectivity index (χ4n) is 5.97. The van der Waals surface area contributed by atoms with Crippen molar-refractivity contribution in [3.05, 3.63) is 53.5 Å². The SMILES string of the molecule is COc1c(O[C@H](C)c2c(C)cnnc2C)ccc2c1c(-c1ccc(N3CC4(C3)CN(S(C)(=O)=O)C4)nc1)nn2PI. The lowest BCUT2D eigenvalue weighted by Gasteiger charge is -2.59. The zero-order chi connectivity index (χ0) is 29.1. The number of aryl methyl sites for hydroxylation is 2. The molecule has 2 aliphatic rings. The number of hydrogen-bond acceptors (Lipinski definition) is 9. The number of halogens is 1. The fraction of sp³-hybridized carbons (Fsp3) is 0.407. The van der Waals surface area contributed by atoms with Crippen molar-refractivity contribution in [2.45, 2.75) is 26.9 Å². The predicted octanol–water partition coefficient (Wildman–Crippen LogP) is 4.53. The van der Waals surface area contributed by atoms with Gasteiger partial charge in [-0.2, -0.15) is 15.3 Å². The number of methoxy groups -OCH3 is 1. The number of anilines is 1. The van der Waals surface area contributed by atoms with Gasteiger partial charge in [0.05, 0.1) is 42.5 Å². The van der Waals surface area contributed by atoms with Gasteiger partial charge in [-0.3, -0.25) is 0 Å². The molecule has 3 aromatic heterocycles. The molecule has 1 aromatic carbocycles. The van der Waals surface area contributed by atoms with Crippen molar-refractivity contribution in [2.24, 2.45) is 5.41 Å². The lowest BCUT2D eigenvalue weighted by atomic mass is 9.74.